The Kier molecular flexibility index (Phi) is 7.05. The van der Waals surface area contributed by atoms with Gasteiger partial charge in [0.05, 0.1) is 6.61 Å². The minimum atomic E-state index is 0.273. The van der Waals surface area contributed by atoms with Crippen molar-refractivity contribution >= 4 is 5.96 Å². The average Bonchev–Trinajstić information content (AvgIpc) is 2.35. The Morgan fingerprint density at radius 3 is 2.94 bits per heavy atom. The highest BCUT2D eigenvalue weighted by molar-refractivity contribution is 5.79. The summed E-state index contributed by atoms with van der Waals surface area (Å²) >= 11 is 0. The second-order valence-corrected chi connectivity index (χ2v) is 5.22. The van der Waals surface area contributed by atoms with Crippen LogP contribution in [0.5, 0.6) is 0 Å². The van der Waals surface area contributed by atoms with E-state index in [1.54, 1.807) is 7.11 Å². The molecule has 1 aliphatic rings. The van der Waals surface area contributed by atoms with Gasteiger partial charge in [-0.15, -0.1) is 0 Å². The number of piperidine rings is 1. The molecule has 106 valence electrons. The molecule has 0 amide bonds. The fourth-order valence-electron chi connectivity index (χ4n) is 2.40. The van der Waals surface area contributed by atoms with E-state index in [2.05, 4.69) is 34.5 Å². The molecule has 0 radical (unpaired) electrons. The molecule has 0 aromatic carbocycles. The molecule has 0 saturated carbocycles. The molecule has 2 unspecified atom stereocenters. The highest BCUT2D eigenvalue weighted by Crippen LogP contribution is 2.13. The van der Waals surface area contributed by atoms with Crippen LogP contribution in [0.2, 0.25) is 0 Å². The van der Waals surface area contributed by atoms with Crippen molar-refractivity contribution in [2.45, 2.75) is 25.8 Å². The van der Waals surface area contributed by atoms with Gasteiger partial charge in [0.25, 0.3) is 0 Å². The molecular formula is C13H28N4O. The summed E-state index contributed by atoms with van der Waals surface area (Å²) in [6.07, 6.45) is 2.61. The van der Waals surface area contributed by atoms with Gasteiger partial charge < -0.3 is 20.3 Å². The number of nitrogens with zero attached hydrogens (tertiary/aromatic N) is 2. The number of rotatable bonds is 5. The third kappa shape index (κ3) is 5.69. The van der Waals surface area contributed by atoms with E-state index in [1.807, 2.05) is 7.05 Å². The molecule has 18 heavy (non-hydrogen) atoms. The van der Waals surface area contributed by atoms with Crippen molar-refractivity contribution in [1.82, 2.24) is 15.5 Å². The van der Waals surface area contributed by atoms with Crippen LogP contribution in [0.25, 0.3) is 0 Å². The summed E-state index contributed by atoms with van der Waals surface area (Å²) in [5, 5.41) is 6.72. The number of hydrogen-bond acceptors (Lipinski definition) is 3. The number of nitrogens with one attached hydrogen (secondary N) is 2. The summed E-state index contributed by atoms with van der Waals surface area (Å²) in [5.74, 6) is 1.59. The standard InChI is InChI=1S/C13H28N4O/c1-11(10-18-4)16-13(14-2)15-8-12-6-5-7-17(3)9-12/h11-12H,5-10H2,1-4H3,(H2,14,15,16). The molecule has 5 heteroatoms. The lowest BCUT2D eigenvalue weighted by Crippen LogP contribution is -2.47. The summed E-state index contributed by atoms with van der Waals surface area (Å²) in [7, 11) is 5.72. The summed E-state index contributed by atoms with van der Waals surface area (Å²) in [6, 6.07) is 0.273. The van der Waals surface area contributed by atoms with Crippen LogP contribution in [0, 0.1) is 5.92 Å². The van der Waals surface area contributed by atoms with E-state index in [4.69, 9.17) is 4.74 Å². The van der Waals surface area contributed by atoms with Crippen molar-refractivity contribution in [3.63, 3.8) is 0 Å². The van der Waals surface area contributed by atoms with E-state index >= 15 is 0 Å². The van der Waals surface area contributed by atoms with Crippen LogP contribution in [0.1, 0.15) is 19.8 Å². The van der Waals surface area contributed by atoms with Gasteiger partial charge in [0.2, 0.25) is 0 Å². The molecule has 0 aromatic rings. The third-order valence-corrected chi connectivity index (χ3v) is 3.30. The van der Waals surface area contributed by atoms with Crippen LogP contribution in [0.15, 0.2) is 4.99 Å². The maximum Gasteiger partial charge on any atom is 0.191 e. The molecule has 0 aromatic heterocycles. The third-order valence-electron chi connectivity index (χ3n) is 3.30. The molecule has 2 N–H and O–H groups in total. The fraction of sp³-hybridized carbons (Fsp3) is 0.923. The Morgan fingerprint density at radius 1 is 1.56 bits per heavy atom. The van der Waals surface area contributed by atoms with E-state index in [1.165, 1.54) is 25.9 Å². The second-order valence-electron chi connectivity index (χ2n) is 5.22. The maximum absolute atomic E-state index is 5.11. The smallest absolute Gasteiger partial charge is 0.191 e. The zero-order valence-electron chi connectivity index (χ0n) is 12.2. The van der Waals surface area contributed by atoms with Gasteiger partial charge in [0, 0.05) is 33.3 Å². The largest absolute Gasteiger partial charge is 0.383 e. The van der Waals surface area contributed by atoms with Crippen LogP contribution >= 0.6 is 0 Å². The first-order valence-corrected chi connectivity index (χ1v) is 6.80. The summed E-state index contributed by atoms with van der Waals surface area (Å²) in [6.45, 7) is 6.17. The molecule has 2 atom stereocenters. The van der Waals surface area contributed by atoms with Gasteiger partial charge in [0.1, 0.15) is 0 Å². The predicted molar refractivity (Wildman–Crippen MR) is 76.1 cm³/mol. The van der Waals surface area contributed by atoms with Crippen molar-refractivity contribution < 1.29 is 4.74 Å². The monoisotopic (exact) mass is 256 g/mol. The molecule has 1 fully saturated rings. The fourth-order valence-corrected chi connectivity index (χ4v) is 2.40. The summed E-state index contributed by atoms with van der Waals surface area (Å²) in [4.78, 5) is 6.64. The normalized spacial score (nSPS) is 23.8. The van der Waals surface area contributed by atoms with E-state index in [0.29, 0.717) is 6.61 Å². The van der Waals surface area contributed by atoms with E-state index in [-0.39, 0.29) is 6.04 Å². The Bertz CT molecular complexity index is 257. The number of guanidine groups is 1. The van der Waals surface area contributed by atoms with Crippen LogP contribution in [-0.2, 0) is 4.74 Å². The highest BCUT2D eigenvalue weighted by Gasteiger charge is 2.17. The minimum absolute atomic E-state index is 0.273. The Balaban J connectivity index is 2.26. The Labute approximate surface area is 111 Å². The van der Waals surface area contributed by atoms with Crippen LogP contribution in [0.4, 0.5) is 0 Å². The number of ether oxygens (including phenoxy) is 1. The zero-order chi connectivity index (χ0) is 13.4. The number of hydrogen-bond donors (Lipinski definition) is 2. The predicted octanol–water partition coefficient (Wildman–Crippen LogP) is 0.528. The Morgan fingerprint density at radius 2 is 2.33 bits per heavy atom. The maximum atomic E-state index is 5.11. The van der Waals surface area contributed by atoms with Crippen molar-refractivity contribution in [3.8, 4) is 0 Å². The van der Waals surface area contributed by atoms with Crippen LogP contribution < -0.4 is 10.6 Å². The van der Waals surface area contributed by atoms with Crippen molar-refractivity contribution in [3.05, 3.63) is 0 Å². The molecule has 1 aliphatic heterocycles. The highest BCUT2D eigenvalue weighted by atomic mass is 16.5. The van der Waals surface area contributed by atoms with E-state index < -0.39 is 0 Å². The summed E-state index contributed by atoms with van der Waals surface area (Å²) in [5.41, 5.74) is 0. The van der Waals surface area contributed by atoms with Crippen LogP contribution in [0.3, 0.4) is 0 Å². The Hall–Kier alpha value is -0.810. The molecule has 1 rings (SSSR count). The molecule has 1 heterocycles. The topological polar surface area (TPSA) is 48.9 Å². The molecule has 5 nitrogen and oxygen atoms in total. The van der Waals surface area contributed by atoms with Crippen LogP contribution in [-0.4, -0.2) is 64.3 Å². The van der Waals surface area contributed by atoms with Gasteiger partial charge in [-0.3, -0.25) is 4.99 Å². The minimum Gasteiger partial charge on any atom is -0.383 e. The van der Waals surface area contributed by atoms with Crippen molar-refractivity contribution in [1.29, 1.82) is 0 Å². The van der Waals surface area contributed by atoms with Crippen molar-refractivity contribution in [2.24, 2.45) is 10.9 Å². The average molecular weight is 256 g/mol. The van der Waals surface area contributed by atoms with E-state index in [0.717, 1.165) is 18.4 Å². The lowest BCUT2D eigenvalue weighted by Gasteiger charge is -2.30. The van der Waals surface area contributed by atoms with Gasteiger partial charge in [-0.2, -0.15) is 0 Å². The van der Waals surface area contributed by atoms with Gasteiger partial charge in [-0.05, 0) is 39.3 Å². The summed E-state index contributed by atoms with van der Waals surface area (Å²) < 4.78 is 5.11. The molecule has 0 spiro atoms. The number of aliphatic imine (C=N–C) groups is 1. The first-order chi connectivity index (χ1) is 8.65. The quantitative estimate of drug-likeness (QED) is 0.556. The van der Waals surface area contributed by atoms with E-state index in [9.17, 15) is 0 Å². The van der Waals surface area contributed by atoms with Gasteiger partial charge in [-0.25, -0.2) is 0 Å². The molecule has 1 saturated heterocycles. The SMILES string of the molecule is CN=C(NCC1CCCN(C)C1)NC(C)COC. The number of methoxy groups -OCH3 is 1. The molecule has 0 aliphatic carbocycles. The molecular weight excluding hydrogens is 228 g/mol. The zero-order valence-corrected chi connectivity index (χ0v) is 12.2. The number of likely N-dealkylation sites (tertiary alicyclic amines) is 1. The van der Waals surface area contributed by atoms with Gasteiger partial charge in [-0.1, -0.05) is 0 Å². The van der Waals surface area contributed by atoms with Gasteiger partial charge in [0.15, 0.2) is 5.96 Å². The van der Waals surface area contributed by atoms with Crippen molar-refractivity contribution in [2.75, 3.05) is 47.4 Å². The second kappa shape index (κ2) is 8.32. The first-order valence-electron chi connectivity index (χ1n) is 6.80. The lowest BCUT2D eigenvalue weighted by molar-refractivity contribution is 0.178. The first kappa shape index (κ1) is 15.2. The molecule has 0 bridgehead atoms. The lowest BCUT2D eigenvalue weighted by atomic mass is 9.99. The van der Waals surface area contributed by atoms with Gasteiger partial charge >= 0.3 is 0 Å².